The fourth-order valence-corrected chi connectivity index (χ4v) is 9.69. The number of carbonyl (C=O) groups excluding carboxylic acids is 1. The highest BCUT2D eigenvalue weighted by molar-refractivity contribution is 7.99. The van der Waals surface area contributed by atoms with E-state index in [-0.39, 0.29) is 28.4 Å². The molecule has 0 aromatic heterocycles. The summed E-state index contributed by atoms with van der Waals surface area (Å²) in [6.07, 6.45) is 10.6. The number of fused-ring (bicyclic) bond motifs is 4. The summed E-state index contributed by atoms with van der Waals surface area (Å²) >= 11 is 6.44. The summed E-state index contributed by atoms with van der Waals surface area (Å²) in [5, 5.41) is 11.6. The van der Waals surface area contributed by atoms with Gasteiger partial charge in [-0.05, 0) is 117 Å². The van der Waals surface area contributed by atoms with Crippen LogP contribution in [0.4, 0.5) is 5.69 Å². The summed E-state index contributed by atoms with van der Waals surface area (Å²) in [5.41, 5.74) is 3.73. The summed E-state index contributed by atoms with van der Waals surface area (Å²) < 4.78 is 23.2. The number of benzene rings is 2. The molecule has 1 saturated carbocycles. The number of halogens is 1. The minimum absolute atomic E-state index is 0.0430. The number of ether oxygens (including phenoxy) is 1. The third-order valence-corrected chi connectivity index (χ3v) is 13.6. The minimum Gasteiger partial charge on any atom is -0.490 e. The van der Waals surface area contributed by atoms with Gasteiger partial charge in [-0.25, -0.2) is 4.21 Å². The second-order valence-electron chi connectivity index (χ2n) is 13.8. The fourth-order valence-electron chi connectivity index (χ4n) is 8.02. The maximum Gasteiger partial charge on any atom is 0.262 e. The van der Waals surface area contributed by atoms with Crippen molar-refractivity contribution in [3.63, 3.8) is 0 Å². The third kappa shape index (κ3) is 5.92. The highest BCUT2D eigenvalue weighted by Gasteiger charge is 2.45. The topological polar surface area (TPSA) is 78.9 Å². The van der Waals surface area contributed by atoms with Crippen LogP contribution in [0.1, 0.15) is 80.8 Å². The van der Waals surface area contributed by atoms with Crippen LogP contribution >= 0.6 is 11.6 Å². The van der Waals surface area contributed by atoms with Crippen molar-refractivity contribution in [1.29, 1.82) is 0 Å². The number of amides is 1. The van der Waals surface area contributed by atoms with Gasteiger partial charge < -0.3 is 14.7 Å². The average molecular weight is 639 g/mol. The van der Waals surface area contributed by atoms with E-state index in [0.717, 1.165) is 61.7 Å². The maximum atomic E-state index is 13.7. The molecular weight excluding hydrogens is 592 g/mol. The molecule has 2 aliphatic heterocycles. The second-order valence-corrected chi connectivity index (χ2v) is 16.7. The van der Waals surface area contributed by atoms with E-state index in [0.29, 0.717) is 36.8 Å². The molecule has 2 heterocycles. The SMILES string of the molecule is C=S1(=O)NC(=O)c2ccc3c(c2)N(C[C@@H]2CC[C@H]2[C@@H]([C@@H](O)CC)/C=C/C[C@H](C)[C@H]1C)C[C@@]1(CCCc2cc(Cl)ccc21)CO3. The number of hydrogen-bond donors (Lipinski definition) is 2. The lowest BCUT2D eigenvalue weighted by atomic mass is 9.64. The van der Waals surface area contributed by atoms with Crippen LogP contribution in [0.15, 0.2) is 48.6 Å². The van der Waals surface area contributed by atoms with E-state index >= 15 is 0 Å². The monoisotopic (exact) mass is 638 g/mol. The Morgan fingerprint density at radius 1 is 1.23 bits per heavy atom. The zero-order valence-electron chi connectivity index (χ0n) is 26.3. The standard InChI is InChI=1S/C36H47ClN2O4S/c1-5-33(40)30-10-6-8-23(2)24(3)44(4,42)38-35(41)26-12-16-34-32(19-26)39(20-27-11-14-29(27)30)21-36(22-43-34)17-7-9-25-18-28(37)13-15-31(25)36/h6,10,12-13,15-16,18-19,23-24,27,29-30,33,40H,4-5,7-9,11,14,17,20-22H2,1-3H3,(H,38,41,42)/b10-6+/t23-,24+,27-,29+,30-,33-,36-,44?/m0/s1. The highest BCUT2D eigenvalue weighted by atomic mass is 35.5. The van der Waals surface area contributed by atoms with E-state index in [4.69, 9.17) is 16.3 Å². The molecule has 1 spiro atoms. The second kappa shape index (κ2) is 12.4. The Hall–Kier alpha value is -2.48. The lowest BCUT2D eigenvalue weighted by molar-refractivity contribution is 0.0313. The molecule has 2 bridgehead atoms. The first kappa shape index (κ1) is 31.5. The smallest absolute Gasteiger partial charge is 0.262 e. The number of rotatable bonds is 2. The number of allylic oxidation sites excluding steroid dienone is 1. The van der Waals surface area contributed by atoms with Crippen molar-refractivity contribution >= 4 is 38.8 Å². The van der Waals surface area contributed by atoms with Crippen molar-refractivity contribution in [1.82, 2.24) is 4.72 Å². The summed E-state index contributed by atoms with van der Waals surface area (Å²) in [4.78, 5) is 16.0. The van der Waals surface area contributed by atoms with Crippen LogP contribution < -0.4 is 14.4 Å². The van der Waals surface area contributed by atoms with Gasteiger partial charge in [0, 0.05) is 40.3 Å². The summed E-state index contributed by atoms with van der Waals surface area (Å²) in [6, 6.07) is 11.9. The Labute approximate surface area is 268 Å². The molecule has 238 valence electrons. The first-order chi connectivity index (χ1) is 21.0. The molecule has 1 fully saturated rings. The normalized spacial score (nSPS) is 35.2. The molecule has 44 heavy (non-hydrogen) atoms. The average Bonchev–Trinajstić information content (AvgIpc) is 3.13. The Kier molecular flexibility index (Phi) is 8.86. The summed E-state index contributed by atoms with van der Waals surface area (Å²) in [7, 11) is -2.92. The molecule has 1 unspecified atom stereocenters. The number of aryl methyl sites for hydroxylation is 1. The van der Waals surface area contributed by atoms with E-state index in [1.54, 1.807) is 6.07 Å². The number of hydrogen-bond acceptors (Lipinski definition) is 5. The Bertz CT molecular complexity index is 1540. The quantitative estimate of drug-likeness (QED) is 0.287. The van der Waals surface area contributed by atoms with Gasteiger partial charge in [-0.3, -0.25) is 9.52 Å². The summed E-state index contributed by atoms with van der Waals surface area (Å²) in [6.45, 7) is 8.14. The fraction of sp³-hybridized carbons (Fsp3) is 0.556. The number of anilines is 1. The molecule has 4 aliphatic rings. The van der Waals surface area contributed by atoms with Crippen LogP contribution in [0.25, 0.3) is 0 Å². The first-order valence-corrected chi connectivity index (χ1v) is 18.5. The van der Waals surface area contributed by atoms with Crippen molar-refractivity contribution in [2.75, 3.05) is 24.6 Å². The van der Waals surface area contributed by atoms with E-state index in [1.807, 2.05) is 25.1 Å². The van der Waals surface area contributed by atoms with Crippen molar-refractivity contribution in [3.05, 3.63) is 70.3 Å². The van der Waals surface area contributed by atoms with Gasteiger partial charge >= 0.3 is 0 Å². The third-order valence-electron chi connectivity index (χ3n) is 11.1. The molecule has 8 atom stereocenters. The van der Waals surface area contributed by atoms with Crippen molar-refractivity contribution < 1.29 is 18.8 Å². The van der Waals surface area contributed by atoms with Gasteiger partial charge in [-0.15, -0.1) is 0 Å². The lowest BCUT2D eigenvalue weighted by Gasteiger charge is -2.47. The van der Waals surface area contributed by atoms with Crippen LogP contribution in [-0.4, -0.2) is 52.1 Å². The van der Waals surface area contributed by atoms with Crippen LogP contribution in [0.3, 0.4) is 0 Å². The number of carbonyl (C=O) groups is 1. The number of nitrogens with zero attached hydrogens (tertiary/aromatic N) is 1. The predicted molar refractivity (Wildman–Crippen MR) is 181 cm³/mol. The van der Waals surface area contributed by atoms with Gasteiger partial charge in [0.25, 0.3) is 5.91 Å². The summed E-state index contributed by atoms with van der Waals surface area (Å²) in [5.74, 6) is 5.26. The van der Waals surface area contributed by atoms with E-state index in [9.17, 15) is 14.1 Å². The van der Waals surface area contributed by atoms with Crippen molar-refractivity contribution in [2.45, 2.75) is 82.5 Å². The molecule has 0 saturated heterocycles. The molecule has 2 aliphatic carbocycles. The zero-order chi connectivity index (χ0) is 31.2. The van der Waals surface area contributed by atoms with Crippen LogP contribution in [0.5, 0.6) is 5.75 Å². The Morgan fingerprint density at radius 3 is 2.80 bits per heavy atom. The Morgan fingerprint density at radius 2 is 2.05 bits per heavy atom. The van der Waals surface area contributed by atoms with E-state index < -0.39 is 15.8 Å². The molecule has 6 nitrogen and oxygen atoms in total. The van der Waals surface area contributed by atoms with Crippen molar-refractivity contribution in [3.8, 4) is 5.75 Å². The molecular formula is C36H47ClN2O4S. The van der Waals surface area contributed by atoms with Gasteiger partial charge in [0.05, 0.1) is 28.1 Å². The van der Waals surface area contributed by atoms with Crippen LogP contribution in [-0.2, 0) is 21.5 Å². The zero-order valence-corrected chi connectivity index (χ0v) is 27.8. The highest BCUT2D eigenvalue weighted by Crippen LogP contribution is 2.48. The molecule has 2 N–H and O–H groups in total. The van der Waals surface area contributed by atoms with Gasteiger partial charge in [-0.1, -0.05) is 43.7 Å². The predicted octanol–water partition coefficient (Wildman–Crippen LogP) is 6.57. The molecule has 8 heteroatoms. The van der Waals surface area contributed by atoms with Crippen molar-refractivity contribution in [2.24, 2.45) is 23.7 Å². The first-order valence-electron chi connectivity index (χ1n) is 16.3. The lowest BCUT2D eigenvalue weighted by Crippen LogP contribution is -2.49. The molecule has 6 rings (SSSR count). The molecule has 2 aromatic carbocycles. The van der Waals surface area contributed by atoms with Crippen LogP contribution in [0.2, 0.25) is 5.02 Å². The number of nitrogens with one attached hydrogen (secondary N) is 1. The van der Waals surface area contributed by atoms with E-state index in [1.165, 1.54) is 11.1 Å². The largest absolute Gasteiger partial charge is 0.490 e. The van der Waals surface area contributed by atoms with Gasteiger partial charge in [-0.2, -0.15) is 0 Å². The molecule has 0 radical (unpaired) electrons. The van der Waals surface area contributed by atoms with Crippen LogP contribution in [0, 0.1) is 23.7 Å². The number of aliphatic hydroxyl groups excluding tert-OH is 1. The van der Waals surface area contributed by atoms with Gasteiger partial charge in [0.15, 0.2) is 0 Å². The Balaban J connectivity index is 1.44. The molecule has 2 aromatic rings. The van der Waals surface area contributed by atoms with E-state index in [2.05, 4.69) is 53.6 Å². The van der Waals surface area contributed by atoms with Gasteiger partial charge in [0.2, 0.25) is 0 Å². The molecule has 1 amide bonds. The van der Waals surface area contributed by atoms with Gasteiger partial charge in [0.1, 0.15) is 5.75 Å². The maximum absolute atomic E-state index is 13.7. The minimum atomic E-state index is -2.92. The number of aliphatic hydroxyl groups is 1.